The number of aryl methyl sites for hydroxylation is 1. The van der Waals surface area contributed by atoms with Crippen LogP contribution in [0.2, 0.25) is 0 Å². The van der Waals surface area contributed by atoms with Crippen molar-refractivity contribution < 1.29 is 4.79 Å². The summed E-state index contributed by atoms with van der Waals surface area (Å²) in [5, 5.41) is 3.72. The average Bonchev–Trinajstić information content (AvgIpc) is 2.64. The predicted molar refractivity (Wildman–Crippen MR) is 105 cm³/mol. The van der Waals surface area contributed by atoms with Gasteiger partial charge in [0.1, 0.15) is 0 Å². The molecule has 0 radical (unpaired) electrons. The van der Waals surface area contributed by atoms with Gasteiger partial charge in [-0.1, -0.05) is 35.5 Å². The largest absolute Gasteiger partial charge is 0.325 e. The lowest BCUT2D eigenvalue weighted by atomic mass is 10.2. The molecule has 0 bridgehead atoms. The number of hydrogen-bond acceptors (Lipinski definition) is 5. The van der Waals surface area contributed by atoms with Gasteiger partial charge in [0.2, 0.25) is 5.91 Å². The van der Waals surface area contributed by atoms with Crippen LogP contribution in [-0.4, -0.2) is 26.2 Å². The fourth-order valence-electron chi connectivity index (χ4n) is 2.40. The molecule has 2 aromatic heterocycles. The summed E-state index contributed by atoms with van der Waals surface area (Å²) < 4.78 is 1.50. The quantitative estimate of drug-likeness (QED) is 0.412. The van der Waals surface area contributed by atoms with Gasteiger partial charge in [0, 0.05) is 18.4 Å². The predicted octanol–water partition coefficient (Wildman–Crippen LogP) is 3.02. The second-order valence-corrected chi connectivity index (χ2v) is 6.62. The Labute approximate surface area is 155 Å². The molecule has 1 aromatic carbocycles. The third-order valence-corrected chi connectivity index (χ3v) is 4.65. The molecule has 1 amide bonds. The summed E-state index contributed by atoms with van der Waals surface area (Å²) >= 11 is 1.20. The first kappa shape index (κ1) is 17.9. The van der Waals surface area contributed by atoms with Gasteiger partial charge in [-0.2, -0.15) is 0 Å². The number of aromatic nitrogens is 3. The number of anilines is 1. The molecular formula is C19H18N4O2S. The number of nitrogens with one attached hydrogen (secondary N) is 1. The van der Waals surface area contributed by atoms with Gasteiger partial charge < -0.3 is 5.32 Å². The molecule has 7 heteroatoms. The van der Waals surface area contributed by atoms with Crippen molar-refractivity contribution in [3.05, 3.63) is 71.2 Å². The number of rotatable bonds is 6. The van der Waals surface area contributed by atoms with Crippen molar-refractivity contribution in [1.29, 1.82) is 0 Å². The SMILES string of the molecule is C=CCn1c(SCC(=O)Nc2ccc(C)cc2)nc2ncccc2c1=O. The summed E-state index contributed by atoms with van der Waals surface area (Å²) in [5.41, 5.74) is 2.04. The van der Waals surface area contributed by atoms with Crippen molar-refractivity contribution in [3.8, 4) is 0 Å². The maximum absolute atomic E-state index is 12.6. The summed E-state index contributed by atoms with van der Waals surface area (Å²) in [6.07, 6.45) is 3.22. The van der Waals surface area contributed by atoms with E-state index >= 15 is 0 Å². The van der Waals surface area contributed by atoms with Crippen LogP contribution in [0.1, 0.15) is 5.56 Å². The molecule has 3 aromatic rings. The lowest BCUT2D eigenvalue weighted by Crippen LogP contribution is -2.24. The summed E-state index contributed by atoms with van der Waals surface area (Å²) in [6.45, 7) is 5.99. The third-order valence-electron chi connectivity index (χ3n) is 3.67. The minimum absolute atomic E-state index is 0.135. The number of hydrogen-bond donors (Lipinski definition) is 1. The number of allylic oxidation sites excluding steroid dienone is 1. The molecule has 6 nitrogen and oxygen atoms in total. The topological polar surface area (TPSA) is 76.9 Å². The maximum atomic E-state index is 12.6. The van der Waals surface area contributed by atoms with E-state index in [4.69, 9.17) is 0 Å². The molecule has 1 N–H and O–H groups in total. The number of benzene rings is 1. The normalized spacial score (nSPS) is 10.7. The zero-order valence-corrected chi connectivity index (χ0v) is 15.1. The molecule has 0 aliphatic heterocycles. The van der Waals surface area contributed by atoms with Gasteiger partial charge in [-0.25, -0.2) is 9.97 Å². The lowest BCUT2D eigenvalue weighted by molar-refractivity contribution is -0.113. The van der Waals surface area contributed by atoms with Crippen molar-refractivity contribution in [1.82, 2.24) is 14.5 Å². The summed E-state index contributed by atoms with van der Waals surface area (Å²) in [6, 6.07) is 11.0. The van der Waals surface area contributed by atoms with Gasteiger partial charge in [0.15, 0.2) is 10.8 Å². The molecule has 0 atom stereocenters. The number of nitrogens with zero attached hydrogens (tertiary/aromatic N) is 3. The highest BCUT2D eigenvalue weighted by atomic mass is 32.2. The van der Waals surface area contributed by atoms with E-state index < -0.39 is 0 Å². The molecule has 132 valence electrons. The van der Waals surface area contributed by atoms with Crippen molar-refractivity contribution in [2.45, 2.75) is 18.6 Å². The fraction of sp³-hybridized carbons (Fsp3) is 0.158. The Hall–Kier alpha value is -2.93. The Morgan fingerprint density at radius 1 is 1.31 bits per heavy atom. The lowest BCUT2D eigenvalue weighted by Gasteiger charge is -2.11. The second-order valence-electron chi connectivity index (χ2n) is 5.68. The molecule has 0 unspecified atom stereocenters. The number of amides is 1. The van der Waals surface area contributed by atoms with Crippen molar-refractivity contribution >= 4 is 34.4 Å². The second kappa shape index (κ2) is 7.97. The monoisotopic (exact) mass is 366 g/mol. The van der Waals surface area contributed by atoms with Crippen LogP contribution in [0.25, 0.3) is 11.0 Å². The fourth-order valence-corrected chi connectivity index (χ4v) is 3.20. The van der Waals surface area contributed by atoms with Crippen LogP contribution in [-0.2, 0) is 11.3 Å². The molecule has 2 heterocycles. The van der Waals surface area contributed by atoms with Crippen LogP contribution >= 0.6 is 11.8 Å². The number of fused-ring (bicyclic) bond motifs is 1. The molecular weight excluding hydrogens is 348 g/mol. The molecule has 26 heavy (non-hydrogen) atoms. The minimum Gasteiger partial charge on any atom is -0.325 e. The summed E-state index contributed by atoms with van der Waals surface area (Å²) in [5.74, 6) is -0.0325. The first-order valence-electron chi connectivity index (χ1n) is 8.04. The van der Waals surface area contributed by atoms with Crippen LogP contribution in [0.5, 0.6) is 0 Å². The Morgan fingerprint density at radius 2 is 2.08 bits per heavy atom. The number of carbonyl (C=O) groups is 1. The number of thioether (sulfide) groups is 1. The van der Waals surface area contributed by atoms with Gasteiger partial charge in [0.05, 0.1) is 11.1 Å². The van der Waals surface area contributed by atoms with Crippen LogP contribution in [0.15, 0.2) is 65.2 Å². The van der Waals surface area contributed by atoms with E-state index in [2.05, 4.69) is 21.9 Å². The third kappa shape index (κ3) is 4.00. The van der Waals surface area contributed by atoms with Gasteiger partial charge in [-0.3, -0.25) is 14.2 Å². The van der Waals surface area contributed by atoms with E-state index in [-0.39, 0.29) is 17.2 Å². The van der Waals surface area contributed by atoms with Crippen LogP contribution in [0.4, 0.5) is 5.69 Å². The Balaban J connectivity index is 1.80. The van der Waals surface area contributed by atoms with Crippen LogP contribution in [0, 0.1) is 6.92 Å². The average molecular weight is 366 g/mol. The molecule has 0 aliphatic carbocycles. The van der Waals surface area contributed by atoms with E-state index in [1.807, 2.05) is 31.2 Å². The molecule has 3 rings (SSSR count). The maximum Gasteiger partial charge on any atom is 0.263 e. The van der Waals surface area contributed by atoms with Crippen LogP contribution in [0.3, 0.4) is 0 Å². The van der Waals surface area contributed by atoms with E-state index in [0.29, 0.717) is 22.7 Å². The highest BCUT2D eigenvalue weighted by Crippen LogP contribution is 2.17. The Kier molecular flexibility index (Phi) is 5.48. The van der Waals surface area contributed by atoms with Crippen LogP contribution < -0.4 is 10.9 Å². The zero-order valence-electron chi connectivity index (χ0n) is 14.3. The van der Waals surface area contributed by atoms with E-state index in [9.17, 15) is 9.59 Å². The first-order chi connectivity index (χ1) is 12.6. The standard InChI is InChI=1S/C19H18N4O2S/c1-3-11-23-18(25)15-5-4-10-20-17(15)22-19(23)26-12-16(24)21-14-8-6-13(2)7-9-14/h3-10H,1,11-12H2,2H3,(H,21,24). The molecule has 0 aliphatic rings. The number of pyridine rings is 1. The highest BCUT2D eigenvalue weighted by Gasteiger charge is 2.13. The zero-order chi connectivity index (χ0) is 18.5. The van der Waals surface area contributed by atoms with Crippen molar-refractivity contribution in [2.75, 3.05) is 11.1 Å². The molecule has 0 spiro atoms. The Morgan fingerprint density at radius 3 is 2.81 bits per heavy atom. The summed E-state index contributed by atoms with van der Waals surface area (Å²) in [4.78, 5) is 33.4. The smallest absolute Gasteiger partial charge is 0.263 e. The molecule has 0 saturated carbocycles. The van der Waals surface area contributed by atoms with E-state index in [1.165, 1.54) is 16.3 Å². The van der Waals surface area contributed by atoms with Gasteiger partial charge >= 0.3 is 0 Å². The van der Waals surface area contributed by atoms with E-state index in [0.717, 1.165) is 11.3 Å². The number of carbonyl (C=O) groups excluding carboxylic acids is 1. The van der Waals surface area contributed by atoms with Gasteiger partial charge in [-0.05, 0) is 31.2 Å². The summed E-state index contributed by atoms with van der Waals surface area (Å²) in [7, 11) is 0. The van der Waals surface area contributed by atoms with E-state index in [1.54, 1.807) is 24.4 Å². The molecule has 0 saturated heterocycles. The minimum atomic E-state index is -0.190. The van der Waals surface area contributed by atoms with Gasteiger partial charge in [0.25, 0.3) is 5.56 Å². The Bertz CT molecular complexity index is 1010. The highest BCUT2D eigenvalue weighted by molar-refractivity contribution is 7.99. The first-order valence-corrected chi connectivity index (χ1v) is 9.03. The molecule has 0 fully saturated rings. The van der Waals surface area contributed by atoms with Gasteiger partial charge in [-0.15, -0.1) is 6.58 Å². The van der Waals surface area contributed by atoms with Crippen molar-refractivity contribution in [3.63, 3.8) is 0 Å². The van der Waals surface area contributed by atoms with Crippen molar-refractivity contribution in [2.24, 2.45) is 0 Å².